The quantitative estimate of drug-likeness (QED) is 0.614. The number of nitrogens with one attached hydrogen (secondary N) is 1. The molecule has 1 fully saturated rings. The standard InChI is InChI=1S/C23H26N4O5S/c1-15-6-8-16(9-7-15)33(28,29)26-23-25-14-20(32-21-5-3-4-12-31-21)18-13-17-19(30-2)10-11-24-22(17)27(18)23/h6-11,13,20-21H,3-5,12,14H2,1-2H3,(H,25,26). The number of ether oxygens (including phenoxy) is 3. The Bertz CT molecular complexity index is 1290. The van der Waals surface area contributed by atoms with Crippen LogP contribution in [0.2, 0.25) is 0 Å². The maximum absolute atomic E-state index is 13.1. The van der Waals surface area contributed by atoms with Crippen LogP contribution < -0.4 is 9.46 Å². The highest BCUT2D eigenvalue weighted by Gasteiger charge is 2.32. The zero-order chi connectivity index (χ0) is 23.0. The number of pyridine rings is 1. The molecule has 2 aromatic heterocycles. The molecule has 0 bridgehead atoms. The molecule has 10 heteroatoms. The summed E-state index contributed by atoms with van der Waals surface area (Å²) >= 11 is 0. The van der Waals surface area contributed by atoms with Crippen molar-refractivity contribution in [1.82, 2.24) is 14.3 Å². The van der Waals surface area contributed by atoms with E-state index >= 15 is 0 Å². The van der Waals surface area contributed by atoms with Crippen LogP contribution in [-0.4, -0.2) is 50.5 Å². The van der Waals surface area contributed by atoms with Crippen molar-refractivity contribution in [2.45, 2.75) is 43.5 Å². The van der Waals surface area contributed by atoms with Crippen LogP contribution in [0.3, 0.4) is 0 Å². The Balaban J connectivity index is 1.55. The van der Waals surface area contributed by atoms with Gasteiger partial charge in [0.2, 0.25) is 5.96 Å². The lowest BCUT2D eigenvalue weighted by Gasteiger charge is -2.30. The van der Waals surface area contributed by atoms with Crippen LogP contribution in [0.5, 0.6) is 5.75 Å². The summed E-state index contributed by atoms with van der Waals surface area (Å²) in [6, 6.07) is 10.3. The predicted molar refractivity (Wildman–Crippen MR) is 123 cm³/mol. The predicted octanol–water partition coefficient (Wildman–Crippen LogP) is 3.13. The van der Waals surface area contributed by atoms with E-state index in [0.717, 1.165) is 35.9 Å². The first-order valence-corrected chi connectivity index (χ1v) is 12.4. The van der Waals surface area contributed by atoms with Gasteiger partial charge in [0.1, 0.15) is 11.9 Å². The number of nitrogens with zero attached hydrogens (tertiary/aromatic N) is 3. The molecule has 1 saturated heterocycles. The SMILES string of the molecule is COc1ccnc2c1cc1n2C(NS(=O)(=O)c2ccc(C)cc2)=NCC1OC1CCCCO1. The highest BCUT2D eigenvalue weighted by atomic mass is 32.2. The first kappa shape index (κ1) is 21.9. The summed E-state index contributed by atoms with van der Waals surface area (Å²) in [4.78, 5) is 9.20. The molecule has 2 atom stereocenters. The number of rotatable bonds is 5. The number of methoxy groups -OCH3 is 1. The van der Waals surface area contributed by atoms with Gasteiger partial charge in [-0.05, 0) is 50.5 Å². The van der Waals surface area contributed by atoms with Crippen LogP contribution in [0.4, 0.5) is 0 Å². The van der Waals surface area contributed by atoms with E-state index in [9.17, 15) is 8.42 Å². The maximum atomic E-state index is 13.1. The Kier molecular flexibility index (Phi) is 5.81. The molecule has 33 heavy (non-hydrogen) atoms. The molecule has 0 radical (unpaired) electrons. The summed E-state index contributed by atoms with van der Waals surface area (Å²) < 4.78 is 48.0. The van der Waals surface area contributed by atoms with Gasteiger partial charge in [0.05, 0.1) is 29.6 Å². The number of aryl methyl sites for hydroxylation is 1. The van der Waals surface area contributed by atoms with Crippen molar-refractivity contribution in [2.75, 3.05) is 20.3 Å². The van der Waals surface area contributed by atoms with Crippen molar-refractivity contribution in [3.63, 3.8) is 0 Å². The molecule has 174 valence electrons. The van der Waals surface area contributed by atoms with E-state index in [2.05, 4.69) is 14.7 Å². The summed E-state index contributed by atoms with van der Waals surface area (Å²) in [7, 11) is -2.26. The fourth-order valence-corrected chi connectivity index (χ4v) is 5.16. The van der Waals surface area contributed by atoms with E-state index < -0.39 is 16.1 Å². The largest absolute Gasteiger partial charge is 0.496 e. The van der Waals surface area contributed by atoms with Gasteiger partial charge in [-0.3, -0.25) is 4.57 Å². The van der Waals surface area contributed by atoms with Crippen molar-refractivity contribution in [3.05, 3.63) is 53.9 Å². The highest BCUT2D eigenvalue weighted by Crippen LogP contribution is 2.34. The number of hydrogen-bond donors (Lipinski definition) is 1. The van der Waals surface area contributed by atoms with Crippen molar-refractivity contribution < 1.29 is 22.6 Å². The van der Waals surface area contributed by atoms with Crippen LogP contribution in [0.15, 0.2) is 52.5 Å². The average Bonchev–Trinajstić information content (AvgIpc) is 3.22. The topological polar surface area (TPSA) is 104 Å². The van der Waals surface area contributed by atoms with Crippen LogP contribution in [0.25, 0.3) is 11.0 Å². The number of aliphatic imine (C=N–C) groups is 1. The van der Waals surface area contributed by atoms with E-state index in [1.54, 1.807) is 48.2 Å². The molecule has 2 aliphatic heterocycles. The highest BCUT2D eigenvalue weighted by molar-refractivity contribution is 7.90. The normalized spacial score (nSPS) is 20.8. The third-order valence-electron chi connectivity index (χ3n) is 5.87. The van der Waals surface area contributed by atoms with Crippen molar-refractivity contribution in [2.24, 2.45) is 4.99 Å². The molecule has 2 aliphatic rings. The lowest BCUT2D eigenvalue weighted by molar-refractivity contribution is -0.189. The molecule has 3 aromatic rings. The average molecular weight is 471 g/mol. The minimum Gasteiger partial charge on any atom is -0.496 e. The fraction of sp³-hybridized carbons (Fsp3) is 0.391. The van der Waals surface area contributed by atoms with Gasteiger partial charge in [0.15, 0.2) is 11.9 Å². The number of hydrogen-bond acceptors (Lipinski definition) is 7. The van der Waals surface area contributed by atoms with Crippen molar-refractivity contribution >= 4 is 27.0 Å². The lowest BCUT2D eigenvalue weighted by Crippen LogP contribution is -2.40. The van der Waals surface area contributed by atoms with Crippen LogP contribution in [-0.2, 0) is 19.5 Å². The number of aromatic nitrogens is 2. The zero-order valence-corrected chi connectivity index (χ0v) is 19.3. The Morgan fingerprint density at radius 1 is 1.18 bits per heavy atom. The fourth-order valence-electron chi connectivity index (χ4n) is 4.15. The monoisotopic (exact) mass is 470 g/mol. The summed E-state index contributed by atoms with van der Waals surface area (Å²) in [6.45, 7) is 2.83. The molecule has 1 aromatic carbocycles. The minimum atomic E-state index is -3.85. The van der Waals surface area contributed by atoms with Crippen LogP contribution in [0.1, 0.15) is 36.6 Å². The molecule has 0 saturated carbocycles. The van der Waals surface area contributed by atoms with Crippen molar-refractivity contribution in [3.8, 4) is 5.75 Å². The second-order valence-electron chi connectivity index (χ2n) is 8.16. The smallest absolute Gasteiger partial charge is 0.264 e. The molecule has 9 nitrogen and oxygen atoms in total. The van der Waals surface area contributed by atoms with Gasteiger partial charge >= 0.3 is 0 Å². The molecule has 5 rings (SSSR count). The molecule has 4 heterocycles. The zero-order valence-electron chi connectivity index (χ0n) is 18.5. The number of fused-ring (bicyclic) bond motifs is 3. The van der Waals surface area contributed by atoms with Gasteiger partial charge in [-0.2, -0.15) is 0 Å². The Morgan fingerprint density at radius 3 is 2.73 bits per heavy atom. The Hall–Kier alpha value is -2.95. The third kappa shape index (κ3) is 4.21. The van der Waals surface area contributed by atoms with E-state index in [1.165, 1.54) is 0 Å². The minimum absolute atomic E-state index is 0.160. The number of benzene rings is 1. The summed E-state index contributed by atoms with van der Waals surface area (Å²) in [5, 5.41) is 0.747. The van der Waals surface area contributed by atoms with Crippen LogP contribution in [0, 0.1) is 6.92 Å². The molecule has 0 amide bonds. The van der Waals surface area contributed by atoms with E-state index in [0.29, 0.717) is 18.0 Å². The van der Waals surface area contributed by atoms with E-state index in [1.807, 2.05) is 13.0 Å². The van der Waals surface area contributed by atoms with Gasteiger partial charge in [-0.25, -0.2) is 23.1 Å². The van der Waals surface area contributed by atoms with Gasteiger partial charge in [0, 0.05) is 12.8 Å². The summed E-state index contributed by atoms with van der Waals surface area (Å²) in [5.41, 5.74) is 2.25. The molecule has 0 spiro atoms. The Labute approximate surface area is 192 Å². The second-order valence-corrected chi connectivity index (χ2v) is 9.84. The van der Waals surface area contributed by atoms with E-state index in [4.69, 9.17) is 14.2 Å². The van der Waals surface area contributed by atoms with Crippen molar-refractivity contribution in [1.29, 1.82) is 0 Å². The summed E-state index contributed by atoms with van der Waals surface area (Å²) in [6.07, 6.45) is 3.78. The maximum Gasteiger partial charge on any atom is 0.264 e. The molecule has 1 N–H and O–H groups in total. The number of sulfonamides is 1. The van der Waals surface area contributed by atoms with Crippen LogP contribution >= 0.6 is 0 Å². The molecule has 0 aliphatic carbocycles. The van der Waals surface area contributed by atoms with Gasteiger partial charge in [-0.15, -0.1) is 0 Å². The Morgan fingerprint density at radius 2 is 2.00 bits per heavy atom. The molecular formula is C23H26N4O5S. The third-order valence-corrected chi connectivity index (χ3v) is 7.21. The first-order valence-electron chi connectivity index (χ1n) is 10.9. The van der Waals surface area contributed by atoms with Gasteiger partial charge < -0.3 is 14.2 Å². The first-order chi connectivity index (χ1) is 16.0. The second kappa shape index (κ2) is 8.77. The molecular weight excluding hydrogens is 444 g/mol. The molecule has 2 unspecified atom stereocenters. The van der Waals surface area contributed by atoms with E-state index in [-0.39, 0.29) is 23.7 Å². The lowest BCUT2D eigenvalue weighted by atomic mass is 10.2. The summed E-state index contributed by atoms with van der Waals surface area (Å²) in [5.74, 6) is 0.807. The van der Waals surface area contributed by atoms with Gasteiger partial charge in [-0.1, -0.05) is 17.7 Å². The van der Waals surface area contributed by atoms with Gasteiger partial charge in [0.25, 0.3) is 10.0 Å².